The number of alkyl halides is 3. The van der Waals surface area contributed by atoms with E-state index in [-0.39, 0.29) is 6.42 Å². The van der Waals surface area contributed by atoms with Crippen molar-refractivity contribution < 1.29 is 13.2 Å². The van der Waals surface area contributed by atoms with Gasteiger partial charge in [0.05, 0.1) is 5.92 Å². The van der Waals surface area contributed by atoms with Gasteiger partial charge in [0.15, 0.2) is 0 Å². The molecule has 2 unspecified atom stereocenters. The summed E-state index contributed by atoms with van der Waals surface area (Å²) < 4.78 is 39.2. The molecular weight excluding hydrogens is 275 g/mol. The van der Waals surface area contributed by atoms with E-state index in [4.69, 9.17) is 0 Å². The number of rotatable bonds is 5. The highest BCUT2D eigenvalue weighted by Crippen LogP contribution is 2.39. The van der Waals surface area contributed by atoms with Gasteiger partial charge in [0.2, 0.25) is 0 Å². The van der Waals surface area contributed by atoms with Crippen LogP contribution in [0.25, 0.3) is 0 Å². The highest BCUT2D eigenvalue weighted by atomic mass is 19.4. The number of unbranched alkanes of at least 4 members (excludes halogenated alkanes) is 1. The van der Waals surface area contributed by atoms with Gasteiger partial charge in [-0.05, 0) is 43.4 Å². The van der Waals surface area contributed by atoms with Gasteiger partial charge in [-0.1, -0.05) is 38.3 Å². The lowest BCUT2D eigenvalue weighted by Crippen LogP contribution is -2.41. The standard InChI is InChI=1S/C17H24F3N/c1-2-3-6-13-9-11-14(12-10-13)21-16-8-5-4-7-15(16)17(18,19)20/h9-12,15-16,21H,2-8H2,1H3. The van der Waals surface area contributed by atoms with Crippen LogP contribution in [0.5, 0.6) is 0 Å². The average molecular weight is 299 g/mol. The van der Waals surface area contributed by atoms with Crippen LogP contribution in [-0.2, 0) is 6.42 Å². The molecule has 0 spiro atoms. The van der Waals surface area contributed by atoms with Gasteiger partial charge in [0, 0.05) is 11.7 Å². The number of nitrogens with one attached hydrogen (secondary N) is 1. The van der Waals surface area contributed by atoms with E-state index in [1.54, 1.807) is 0 Å². The first-order chi connectivity index (χ1) is 10.0. The number of hydrogen-bond donors (Lipinski definition) is 1. The third-order valence-electron chi connectivity index (χ3n) is 4.31. The smallest absolute Gasteiger partial charge is 0.382 e. The predicted molar refractivity (Wildman–Crippen MR) is 80.5 cm³/mol. The van der Waals surface area contributed by atoms with Crippen molar-refractivity contribution in [1.82, 2.24) is 0 Å². The maximum absolute atomic E-state index is 13.1. The predicted octanol–water partition coefficient (Wildman–Crippen LogP) is 5.56. The summed E-state index contributed by atoms with van der Waals surface area (Å²) in [5, 5.41) is 3.10. The first kappa shape index (κ1) is 16.2. The second-order valence-corrected chi connectivity index (χ2v) is 5.98. The Morgan fingerprint density at radius 2 is 1.76 bits per heavy atom. The summed E-state index contributed by atoms with van der Waals surface area (Å²) >= 11 is 0. The monoisotopic (exact) mass is 299 g/mol. The molecule has 1 aromatic rings. The van der Waals surface area contributed by atoms with Crippen molar-refractivity contribution in [3.8, 4) is 0 Å². The molecule has 1 fully saturated rings. The summed E-state index contributed by atoms with van der Waals surface area (Å²) in [7, 11) is 0. The Morgan fingerprint density at radius 1 is 1.10 bits per heavy atom. The van der Waals surface area contributed by atoms with Crippen molar-refractivity contribution >= 4 is 5.69 Å². The molecule has 0 saturated heterocycles. The van der Waals surface area contributed by atoms with E-state index in [9.17, 15) is 13.2 Å². The van der Waals surface area contributed by atoms with E-state index in [1.165, 1.54) is 5.56 Å². The Labute approximate surface area is 124 Å². The van der Waals surface area contributed by atoms with E-state index in [1.807, 2.05) is 24.3 Å². The first-order valence-electron chi connectivity index (χ1n) is 7.93. The summed E-state index contributed by atoms with van der Waals surface area (Å²) in [5.41, 5.74) is 2.05. The summed E-state index contributed by atoms with van der Waals surface area (Å²) in [6.07, 6.45) is 1.63. The average Bonchev–Trinajstić information content (AvgIpc) is 2.46. The number of hydrogen-bond acceptors (Lipinski definition) is 1. The van der Waals surface area contributed by atoms with Crippen LogP contribution < -0.4 is 5.32 Å². The van der Waals surface area contributed by atoms with Gasteiger partial charge in [0.25, 0.3) is 0 Å². The molecule has 1 aromatic carbocycles. The van der Waals surface area contributed by atoms with Crippen molar-refractivity contribution in [2.75, 3.05) is 5.32 Å². The van der Waals surface area contributed by atoms with Crippen molar-refractivity contribution in [3.63, 3.8) is 0 Å². The minimum absolute atomic E-state index is 0.246. The fraction of sp³-hybridized carbons (Fsp3) is 0.647. The normalized spacial score (nSPS) is 23.0. The fourth-order valence-corrected chi connectivity index (χ4v) is 3.06. The second-order valence-electron chi connectivity index (χ2n) is 5.98. The summed E-state index contributed by atoms with van der Waals surface area (Å²) in [5.74, 6) is -1.22. The van der Waals surface area contributed by atoms with Crippen LogP contribution in [0.4, 0.5) is 18.9 Å². The molecular formula is C17H24F3N. The fourth-order valence-electron chi connectivity index (χ4n) is 3.06. The SMILES string of the molecule is CCCCc1ccc(NC2CCCCC2C(F)(F)F)cc1. The van der Waals surface area contributed by atoms with Crippen LogP contribution in [0.1, 0.15) is 51.0 Å². The van der Waals surface area contributed by atoms with Gasteiger partial charge in [-0.3, -0.25) is 0 Å². The zero-order valence-electron chi connectivity index (χ0n) is 12.5. The molecule has 2 atom stereocenters. The van der Waals surface area contributed by atoms with Crippen molar-refractivity contribution in [3.05, 3.63) is 29.8 Å². The first-order valence-corrected chi connectivity index (χ1v) is 7.93. The number of anilines is 1. The molecule has 21 heavy (non-hydrogen) atoms. The third kappa shape index (κ3) is 4.65. The van der Waals surface area contributed by atoms with Crippen molar-refractivity contribution in [2.45, 2.75) is 64.1 Å². The summed E-state index contributed by atoms with van der Waals surface area (Å²) in [4.78, 5) is 0. The van der Waals surface area contributed by atoms with E-state index < -0.39 is 18.1 Å². The Balaban J connectivity index is 1.98. The van der Waals surface area contributed by atoms with Gasteiger partial charge in [0.1, 0.15) is 0 Å². The molecule has 1 nitrogen and oxygen atoms in total. The zero-order valence-corrected chi connectivity index (χ0v) is 12.5. The van der Waals surface area contributed by atoms with Gasteiger partial charge in [-0.2, -0.15) is 13.2 Å². The summed E-state index contributed by atoms with van der Waals surface area (Å²) in [6.45, 7) is 2.15. The zero-order chi connectivity index (χ0) is 15.3. The minimum Gasteiger partial charge on any atom is -0.382 e. The van der Waals surface area contributed by atoms with Gasteiger partial charge >= 0.3 is 6.18 Å². The molecule has 1 saturated carbocycles. The molecule has 1 N–H and O–H groups in total. The maximum atomic E-state index is 13.1. The van der Waals surface area contributed by atoms with Gasteiger partial charge < -0.3 is 5.32 Å². The Morgan fingerprint density at radius 3 is 2.38 bits per heavy atom. The van der Waals surface area contributed by atoms with Crippen LogP contribution >= 0.6 is 0 Å². The number of aryl methyl sites for hydroxylation is 1. The molecule has 0 aliphatic heterocycles. The largest absolute Gasteiger partial charge is 0.393 e. The molecule has 2 rings (SSSR count). The van der Waals surface area contributed by atoms with E-state index >= 15 is 0 Å². The van der Waals surface area contributed by atoms with Crippen LogP contribution in [0.2, 0.25) is 0 Å². The van der Waals surface area contributed by atoms with Crippen molar-refractivity contribution in [1.29, 1.82) is 0 Å². The van der Waals surface area contributed by atoms with E-state index in [2.05, 4.69) is 12.2 Å². The third-order valence-corrected chi connectivity index (χ3v) is 4.31. The summed E-state index contributed by atoms with van der Waals surface area (Å²) in [6, 6.07) is 7.37. The van der Waals surface area contributed by atoms with E-state index in [0.29, 0.717) is 12.8 Å². The van der Waals surface area contributed by atoms with Gasteiger partial charge in [-0.15, -0.1) is 0 Å². The quantitative estimate of drug-likeness (QED) is 0.750. The molecule has 1 aliphatic rings. The number of benzene rings is 1. The molecule has 0 amide bonds. The van der Waals surface area contributed by atoms with Crippen LogP contribution in [0, 0.1) is 5.92 Å². The van der Waals surface area contributed by atoms with Crippen LogP contribution in [-0.4, -0.2) is 12.2 Å². The highest BCUT2D eigenvalue weighted by molar-refractivity contribution is 5.45. The highest BCUT2D eigenvalue weighted by Gasteiger charge is 2.45. The Kier molecular flexibility index (Phi) is 5.54. The lowest BCUT2D eigenvalue weighted by molar-refractivity contribution is -0.184. The van der Waals surface area contributed by atoms with Crippen molar-refractivity contribution in [2.24, 2.45) is 5.92 Å². The Bertz CT molecular complexity index is 425. The molecule has 1 aliphatic carbocycles. The molecule has 0 heterocycles. The van der Waals surface area contributed by atoms with Crippen LogP contribution in [0.15, 0.2) is 24.3 Å². The molecule has 4 heteroatoms. The lowest BCUT2D eigenvalue weighted by Gasteiger charge is -2.34. The molecule has 0 aromatic heterocycles. The number of halogens is 3. The second kappa shape index (κ2) is 7.19. The topological polar surface area (TPSA) is 12.0 Å². The van der Waals surface area contributed by atoms with Gasteiger partial charge in [-0.25, -0.2) is 0 Å². The van der Waals surface area contributed by atoms with E-state index in [0.717, 1.165) is 31.4 Å². The maximum Gasteiger partial charge on any atom is 0.393 e. The minimum atomic E-state index is -4.10. The lowest BCUT2D eigenvalue weighted by atomic mass is 9.84. The van der Waals surface area contributed by atoms with Crippen LogP contribution in [0.3, 0.4) is 0 Å². The Hall–Kier alpha value is -1.19. The molecule has 0 radical (unpaired) electrons. The molecule has 0 bridgehead atoms. The molecule has 118 valence electrons.